The Morgan fingerprint density at radius 3 is 2.06 bits per heavy atom. The van der Waals surface area contributed by atoms with Crippen molar-refractivity contribution in [3.63, 3.8) is 0 Å². The highest BCUT2D eigenvalue weighted by atomic mass is 35.7. The Labute approximate surface area is 188 Å². The molecule has 0 unspecified atom stereocenters. The number of aryl methyl sites for hydroxylation is 2. The molecular weight excluding hydrogens is 432 g/mol. The van der Waals surface area contributed by atoms with Gasteiger partial charge in [-0.05, 0) is 60.7 Å². The van der Waals surface area contributed by atoms with Gasteiger partial charge < -0.3 is 4.74 Å². The van der Waals surface area contributed by atoms with Gasteiger partial charge in [0.15, 0.2) is 0 Å². The Hall–Kier alpha value is -3.00. The van der Waals surface area contributed by atoms with Gasteiger partial charge in [-0.15, -0.1) is 10.2 Å². The van der Waals surface area contributed by atoms with E-state index in [-0.39, 0.29) is 0 Å². The summed E-state index contributed by atoms with van der Waals surface area (Å²) in [5, 5.41) is 1.20. The first-order valence-electron chi connectivity index (χ1n) is 9.98. The summed E-state index contributed by atoms with van der Waals surface area (Å²) < 4.78 is 45.4. The molecule has 0 spiro atoms. The van der Waals surface area contributed by atoms with E-state index in [1.165, 1.54) is 16.5 Å². The fourth-order valence-electron chi connectivity index (χ4n) is 3.44. The number of halogens is 1. The second kappa shape index (κ2) is 11.0. The van der Waals surface area contributed by atoms with E-state index in [1.807, 2.05) is 36.4 Å². The predicted molar refractivity (Wildman–Crippen MR) is 111 cm³/mol. The number of benzene rings is 3. The topological polar surface area (TPSA) is 113 Å². The number of fused-ring (bicyclic) bond motifs is 1. The van der Waals surface area contributed by atoms with Crippen LogP contribution in [0.15, 0.2) is 89.3 Å². The lowest BCUT2D eigenvalue weighted by atomic mass is 9.99. The van der Waals surface area contributed by atoms with Crippen LogP contribution in [0.3, 0.4) is 0 Å². The van der Waals surface area contributed by atoms with Crippen molar-refractivity contribution in [3.05, 3.63) is 96.1 Å². The fourth-order valence-corrected chi connectivity index (χ4v) is 3.44. The van der Waals surface area contributed by atoms with Crippen LogP contribution in [-0.2, 0) is 12.8 Å². The smallest absolute Gasteiger partial charge is 0.361 e. The number of hydrogen-bond acceptors (Lipinski definition) is 5. The molecule has 6 nitrogen and oxygen atoms in total. The minimum Gasteiger partial charge on any atom is -0.497 e. The summed E-state index contributed by atoms with van der Waals surface area (Å²) in [6.07, 6.45) is 3.22. The Morgan fingerprint density at radius 2 is 1.41 bits per heavy atom. The molecule has 1 aromatic heterocycles. The maximum absolute atomic E-state index is 8.49. The zero-order valence-corrected chi connectivity index (χ0v) is 18.3. The van der Waals surface area contributed by atoms with Gasteiger partial charge in [0, 0.05) is 12.1 Å². The molecule has 0 amide bonds. The lowest BCUT2D eigenvalue weighted by molar-refractivity contribution is -2.00. The van der Waals surface area contributed by atoms with Gasteiger partial charge in [-0.1, -0.05) is 42.5 Å². The molecule has 4 aromatic rings. The molecule has 0 radical (unpaired) electrons. The first kappa shape index (κ1) is 23.7. The third-order valence-electron chi connectivity index (χ3n) is 4.89. The normalized spacial score (nSPS) is 11.0. The van der Waals surface area contributed by atoms with E-state index in [2.05, 4.69) is 48.5 Å². The SMILES string of the molecule is COc1ccc(-c2cc(CCCc3ccccc3)c3ccccc3[o+]2)cc1.[O-][Cl+3]([O-])([O-])[O-]. The zero-order chi connectivity index (χ0) is 23.0. The maximum Gasteiger partial charge on any atom is 0.361 e. The minimum atomic E-state index is -4.94. The number of ether oxygens (including phenoxy) is 1. The van der Waals surface area contributed by atoms with E-state index < -0.39 is 10.2 Å². The molecule has 7 heteroatoms. The molecule has 0 N–H and O–H groups in total. The van der Waals surface area contributed by atoms with E-state index in [4.69, 9.17) is 27.8 Å². The highest BCUT2D eigenvalue weighted by molar-refractivity contribution is 5.82. The quantitative estimate of drug-likeness (QED) is 0.410. The highest BCUT2D eigenvalue weighted by Gasteiger charge is 2.18. The van der Waals surface area contributed by atoms with Crippen molar-refractivity contribution in [2.75, 3.05) is 7.11 Å². The van der Waals surface area contributed by atoms with Gasteiger partial charge >= 0.3 is 11.3 Å². The molecular formula is C25H23ClO6. The van der Waals surface area contributed by atoms with Crippen molar-refractivity contribution in [1.82, 2.24) is 0 Å². The molecule has 0 aliphatic rings. The van der Waals surface area contributed by atoms with Gasteiger partial charge in [0.2, 0.25) is 0 Å². The fraction of sp³-hybridized carbons (Fsp3) is 0.160. The van der Waals surface area contributed by atoms with Crippen LogP contribution in [0.1, 0.15) is 17.5 Å². The van der Waals surface area contributed by atoms with Crippen molar-refractivity contribution in [1.29, 1.82) is 0 Å². The van der Waals surface area contributed by atoms with E-state index in [1.54, 1.807) is 7.11 Å². The standard InChI is InChI=1S/C25H23O2.ClHO4/c1-26-22-16-14-20(15-17-22)25-18-21(23-12-5-6-13-24(23)27-25)11-7-10-19-8-3-2-4-9-19;2-1(3,4)5/h2-6,8-9,12-18H,7,10-11H2,1H3;(H,2,3,4,5)/q+1;/p-1. The molecule has 0 atom stereocenters. The van der Waals surface area contributed by atoms with Crippen molar-refractivity contribution < 1.29 is 38.0 Å². The summed E-state index contributed by atoms with van der Waals surface area (Å²) in [6, 6.07) is 29.2. The summed E-state index contributed by atoms with van der Waals surface area (Å²) in [6.45, 7) is 0. The van der Waals surface area contributed by atoms with Gasteiger partial charge in [-0.3, -0.25) is 0 Å². The van der Waals surface area contributed by atoms with E-state index in [0.29, 0.717) is 0 Å². The zero-order valence-electron chi connectivity index (χ0n) is 17.5. The number of rotatable bonds is 6. The molecule has 0 fully saturated rings. The lowest BCUT2D eigenvalue weighted by Crippen LogP contribution is -2.68. The summed E-state index contributed by atoms with van der Waals surface area (Å²) in [4.78, 5) is 0. The van der Waals surface area contributed by atoms with Crippen LogP contribution in [0.25, 0.3) is 22.3 Å². The summed E-state index contributed by atoms with van der Waals surface area (Å²) in [7, 11) is -3.26. The molecule has 4 rings (SSSR count). The van der Waals surface area contributed by atoms with Crippen molar-refractivity contribution in [2.45, 2.75) is 19.3 Å². The van der Waals surface area contributed by atoms with Crippen LogP contribution in [-0.4, -0.2) is 7.11 Å². The lowest BCUT2D eigenvalue weighted by Gasteiger charge is -2.17. The second-order valence-electron chi connectivity index (χ2n) is 7.08. The largest absolute Gasteiger partial charge is 0.497 e. The average Bonchev–Trinajstić information content (AvgIpc) is 2.78. The summed E-state index contributed by atoms with van der Waals surface area (Å²) in [5.41, 5.74) is 4.71. The Bertz CT molecular complexity index is 1120. The highest BCUT2D eigenvalue weighted by Crippen LogP contribution is 2.30. The van der Waals surface area contributed by atoms with Crippen LogP contribution in [0.2, 0.25) is 0 Å². The van der Waals surface area contributed by atoms with Gasteiger partial charge in [0.25, 0.3) is 0 Å². The minimum absolute atomic E-state index is 0.850. The summed E-state index contributed by atoms with van der Waals surface area (Å²) in [5.74, 6) is 1.74. The first-order chi connectivity index (χ1) is 15.3. The third-order valence-corrected chi connectivity index (χ3v) is 4.89. The Balaban J connectivity index is 0.000000523. The second-order valence-corrected chi connectivity index (χ2v) is 7.83. The van der Waals surface area contributed by atoms with Crippen molar-refractivity contribution in [2.24, 2.45) is 0 Å². The molecule has 0 aliphatic heterocycles. The van der Waals surface area contributed by atoms with Gasteiger partial charge in [-0.2, -0.15) is 0 Å². The van der Waals surface area contributed by atoms with Crippen LogP contribution in [0, 0.1) is 10.2 Å². The van der Waals surface area contributed by atoms with Crippen molar-refractivity contribution in [3.8, 4) is 17.1 Å². The number of methoxy groups -OCH3 is 1. The Kier molecular flexibility index (Phi) is 8.16. The number of para-hydroxylation sites is 1. The third kappa shape index (κ3) is 7.30. The predicted octanol–water partition coefficient (Wildman–Crippen LogP) is 1.81. The average molecular weight is 455 g/mol. The molecule has 0 saturated carbocycles. The molecule has 3 aromatic carbocycles. The maximum atomic E-state index is 8.49. The van der Waals surface area contributed by atoms with Crippen LogP contribution >= 0.6 is 0 Å². The van der Waals surface area contributed by atoms with E-state index in [0.717, 1.165) is 41.9 Å². The van der Waals surface area contributed by atoms with Crippen LogP contribution in [0.5, 0.6) is 5.75 Å². The van der Waals surface area contributed by atoms with Gasteiger partial charge in [-0.25, -0.2) is 23.1 Å². The van der Waals surface area contributed by atoms with Gasteiger partial charge in [0.1, 0.15) is 5.75 Å². The summed E-state index contributed by atoms with van der Waals surface area (Å²) >= 11 is 0. The molecule has 0 bridgehead atoms. The molecule has 1 heterocycles. The number of hydrogen-bond donors (Lipinski definition) is 0. The Morgan fingerprint density at radius 1 is 0.781 bits per heavy atom. The first-order valence-corrected chi connectivity index (χ1v) is 11.2. The van der Waals surface area contributed by atoms with Crippen molar-refractivity contribution >= 4 is 11.0 Å². The molecule has 166 valence electrons. The van der Waals surface area contributed by atoms with Gasteiger partial charge in [0.05, 0.1) is 18.1 Å². The van der Waals surface area contributed by atoms with Crippen LogP contribution in [0.4, 0.5) is 0 Å². The molecule has 0 aliphatic carbocycles. The molecule has 0 saturated heterocycles. The monoisotopic (exact) mass is 454 g/mol. The molecule has 32 heavy (non-hydrogen) atoms. The van der Waals surface area contributed by atoms with E-state index in [9.17, 15) is 0 Å². The van der Waals surface area contributed by atoms with Crippen LogP contribution < -0.4 is 23.4 Å². The van der Waals surface area contributed by atoms with E-state index >= 15 is 0 Å².